The van der Waals surface area contributed by atoms with E-state index < -0.39 is 20.7 Å². The van der Waals surface area contributed by atoms with E-state index in [0.29, 0.717) is 5.56 Å². The van der Waals surface area contributed by atoms with E-state index in [4.69, 9.17) is 5.73 Å². The zero-order valence-electron chi connectivity index (χ0n) is 11.7. The normalized spacial score (nSPS) is 11.6. The van der Waals surface area contributed by atoms with Gasteiger partial charge in [0.2, 0.25) is 10.0 Å². The second-order valence-corrected chi connectivity index (χ2v) is 6.50. The molecule has 1 aromatic heterocycles. The van der Waals surface area contributed by atoms with E-state index in [1.807, 2.05) is 6.92 Å². The van der Waals surface area contributed by atoms with Crippen LogP contribution in [0.1, 0.15) is 16.7 Å². The van der Waals surface area contributed by atoms with Crippen LogP contribution in [0, 0.1) is 19.7 Å². The van der Waals surface area contributed by atoms with Crippen LogP contribution >= 0.6 is 0 Å². The van der Waals surface area contributed by atoms with Crippen molar-refractivity contribution in [3.05, 3.63) is 53.1 Å². The van der Waals surface area contributed by atoms with E-state index in [2.05, 4.69) is 9.71 Å². The van der Waals surface area contributed by atoms with Crippen molar-refractivity contribution < 1.29 is 12.8 Å². The third kappa shape index (κ3) is 3.37. The van der Waals surface area contributed by atoms with Gasteiger partial charge in [-0.2, -0.15) is 0 Å². The fraction of sp³-hybridized carbons (Fsp3) is 0.214. The number of anilines is 1. The van der Waals surface area contributed by atoms with Gasteiger partial charge in [-0.3, -0.25) is 4.98 Å². The summed E-state index contributed by atoms with van der Waals surface area (Å²) in [5.41, 5.74) is 8.00. The first-order chi connectivity index (χ1) is 9.81. The van der Waals surface area contributed by atoms with Crippen LogP contribution in [0.2, 0.25) is 0 Å². The second kappa shape index (κ2) is 5.79. The highest BCUT2D eigenvalue weighted by molar-refractivity contribution is 7.89. The maximum absolute atomic E-state index is 13.8. The number of nitrogens with zero attached hydrogens (tertiary/aromatic N) is 1. The van der Waals surface area contributed by atoms with Crippen molar-refractivity contribution in [1.29, 1.82) is 0 Å². The van der Waals surface area contributed by atoms with Crippen LogP contribution in [0.25, 0.3) is 0 Å². The Hall–Kier alpha value is -1.99. The molecule has 0 aliphatic heterocycles. The zero-order valence-corrected chi connectivity index (χ0v) is 12.5. The summed E-state index contributed by atoms with van der Waals surface area (Å²) < 4.78 is 40.6. The molecule has 5 nitrogen and oxygen atoms in total. The number of benzene rings is 1. The van der Waals surface area contributed by atoms with Gasteiger partial charge in [-0.25, -0.2) is 17.5 Å². The van der Waals surface area contributed by atoms with Gasteiger partial charge in [0, 0.05) is 24.6 Å². The molecule has 0 aliphatic carbocycles. The smallest absolute Gasteiger partial charge is 0.243 e. The molecule has 112 valence electrons. The van der Waals surface area contributed by atoms with Gasteiger partial charge in [0.25, 0.3) is 0 Å². The zero-order chi connectivity index (χ0) is 15.6. The van der Waals surface area contributed by atoms with Crippen molar-refractivity contribution in [1.82, 2.24) is 9.71 Å². The van der Waals surface area contributed by atoms with Crippen LogP contribution in [0.5, 0.6) is 0 Å². The van der Waals surface area contributed by atoms with Crippen LogP contribution < -0.4 is 10.5 Å². The van der Waals surface area contributed by atoms with Crippen molar-refractivity contribution >= 4 is 15.7 Å². The first-order valence-electron chi connectivity index (χ1n) is 6.26. The highest BCUT2D eigenvalue weighted by Gasteiger charge is 2.20. The van der Waals surface area contributed by atoms with Gasteiger partial charge >= 0.3 is 0 Å². The number of hydrogen-bond acceptors (Lipinski definition) is 4. The second-order valence-electron chi connectivity index (χ2n) is 4.77. The third-order valence-electron chi connectivity index (χ3n) is 3.20. The monoisotopic (exact) mass is 309 g/mol. The van der Waals surface area contributed by atoms with Crippen LogP contribution in [0.3, 0.4) is 0 Å². The fourth-order valence-electron chi connectivity index (χ4n) is 1.83. The maximum Gasteiger partial charge on any atom is 0.243 e. The van der Waals surface area contributed by atoms with Gasteiger partial charge in [0.05, 0.1) is 0 Å². The molecule has 0 spiro atoms. The van der Waals surface area contributed by atoms with Gasteiger partial charge in [-0.1, -0.05) is 0 Å². The number of rotatable bonds is 4. The van der Waals surface area contributed by atoms with Crippen LogP contribution in [-0.4, -0.2) is 13.4 Å². The summed E-state index contributed by atoms with van der Waals surface area (Å²) in [5.74, 6) is -0.819. The Morgan fingerprint density at radius 1 is 1.29 bits per heavy atom. The molecular formula is C14H16FN3O2S. The minimum atomic E-state index is -3.97. The van der Waals surface area contributed by atoms with Gasteiger partial charge in [-0.15, -0.1) is 0 Å². The lowest BCUT2D eigenvalue weighted by Crippen LogP contribution is -2.25. The van der Waals surface area contributed by atoms with E-state index in [1.54, 1.807) is 25.4 Å². The van der Waals surface area contributed by atoms with E-state index in [9.17, 15) is 12.8 Å². The van der Waals surface area contributed by atoms with Crippen molar-refractivity contribution in [2.24, 2.45) is 0 Å². The van der Waals surface area contributed by atoms with Gasteiger partial charge in [0.15, 0.2) is 0 Å². The van der Waals surface area contributed by atoms with Gasteiger partial charge in [0.1, 0.15) is 10.7 Å². The van der Waals surface area contributed by atoms with Crippen LogP contribution in [-0.2, 0) is 16.6 Å². The van der Waals surface area contributed by atoms with E-state index in [-0.39, 0.29) is 12.2 Å². The predicted octanol–water partition coefficient (Wildman–Crippen LogP) is 1.90. The summed E-state index contributed by atoms with van der Waals surface area (Å²) in [7, 11) is -3.97. The summed E-state index contributed by atoms with van der Waals surface area (Å²) in [6.45, 7) is 3.49. The van der Waals surface area contributed by atoms with Crippen molar-refractivity contribution in [2.75, 3.05) is 5.73 Å². The third-order valence-corrected chi connectivity index (χ3v) is 4.62. The van der Waals surface area contributed by atoms with E-state index >= 15 is 0 Å². The summed E-state index contributed by atoms with van der Waals surface area (Å²) in [6.07, 6.45) is 3.20. The van der Waals surface area contributed by atoms with E-state index in [0.717, 1.165) is 23.3 Å². The molecule has 21 heavy (non-hydrogen) atoms. The summed E-state index contributed by atoms with van der Waals surface area (Å²) in [4.78, 5) is 3.48. The average Bonchev–Trinajstić information content (AvgIpc) is 2.42. The maximum atomic E-state index is 13.8. The largest absolute Gasteiger partial charge is 0.398 e. The standard InChI is InChI=1S/C14H16FN3O2S/c1-9-5-12(15)14(6-13(9)16)21(19,20)18-8-11-3-4-17-7-10(11)2/h3-7,18H,8,16H2,1-2H3. The molecule has 1 aromatic carbocycles. The van der Waals surface area contributed by atoms with Crippen LogP contribution in [0.15, 0.2) is 35.5 Å². The summed E-state index contributed by atoms with van der Waals surface area (Å²) in [5, 5.41) is 0. The number of nitrogen functional groups attached to an aromatic ring is 1. The SMILES string of the molecule is Cc1cc(F)c(S(=O)(=O)NCc2ccncc2C)cc1N. The highest BCUT2D eigenvalue weighted by atomic mass is 32.2. The Bertz CT molecular complexity index is 776. The molecule has 1 heterocycles. The summed E-state index contributed by atoms with van der Waals surface area (Å²) >= 11 is 0. The minimum absolute atomic E-state index is 0.0594. The molecule has 0 radical (unpaired) electrons. The Labute approximate surface area is 123 Å². The molecule has 2 rings (SSSR count). The molecule has 0 saturated heterocycles. The van der Waals surface area contributed by atoms with Gasteiger partial charge in [-0.05, 0) is 48.7 Å². The lowest BCUT2D eigenvalue weighted by molar-refractivity contribution is 0.556. The Kier molecular flexibility index (Phi) is 4.24. The average molecular weight is 309 g/mol. The number of sulfonamides is 1. The predicted molar refractivity (Wildman–Crippen MR) is 78.5 cm³/mol. The highest BCUT2D eigenvalue weighted by Crippen LogP contribution is 2.21. The van der Waals surface area contributed by atoms with Gasteiger partial charge < -0.3 is 5.73 Å². The van der Waals surface area contributed by atoms with Crippen LogP contribution in [0.4, 0.5) is 10.1 Å². The molecule has 7 heteroatoms. The molecular weight excluding hydrogens is 293 g/mol. The molecule has 2 aromatic rings. The number of pyridine rings is 1. The Balaban J connectivity index is 2.27. The Morgan fingerprint density at radius 2 is 2.00 bits per heavy atom. The lowest BCUT2D eigenvalue weighted by Gasteiger charge is -2.11. The topological polar surface area (TPSA) is 85.1 Å². The van der Waals surface area contributed by atoms with E-state index in [1.165, 1.54) is 0 Å². The Morgan fingerprint density at radius 3 is 2.67 bits per heavy atom. The van der Waals surface area contributed by atoms with Crippen molar-refractivity contribution in [3.8, 4) is 0 Å². The number of nitrogens with one attached hydrogen (secondary N) is 1. The molecule has 0 atom stereocenters. The van der Waals surface area contributed by atoms with Crippen molar-refractivity contribution in [3.63, 3.8) is 0 Å². The minimum Gasteiger partial charge on any atom is -0.398 e. The lowest BCUT2D eigenvalue weighted by atomic mass is 10.2. The molecule has 0 bridgehead atoms. The first kappa shape index (κ1) is 15.4. The first-order valence-corrected chi connectivity index (χ1v) is 7.74. The molecule has 0 amide bonds. The molecule has 0 saturated carbocycles. The number of aryl methyl sites for hydroxylation is 2. The quantitative estimate of drug-likeness (QED) is 0.845. The van der Waals surface area contributed by atoms with Crippen molar-refractivity contribution in [2.45, 2.75) is 25.3 Å². The molecule has 0 unspecified atom stereocenters. The molecule has 3 N–H and O–H groups in total. The molecule has 0 aliphatic rings. The molecule has 0 fully saturated rings. The number of nitrogens with two attached hydrogens (primary N) is 1. The number of halogens is 1. The number of aromatic nitrogens is 1. The summed E-state index contributed by atoms with van der Waals surface area (Å²) in [6, 6.07) is 3.95. The fourth-order valence-corrected chi connectivity index (χ4v) is 2.92. The number of hydrogen-bond donors (Lipinski definition) is 2.